The van der Waals surface area contributed by atoms with Crippen LogP contribution in [0.15, 0.2) is 48.5 Å². The highest BCUT2D eigenvalue weighted by molar-refractivity contribution is 7.92. The molecule has 8 heteroatoms. The van der Waals surface area contributed by atoms with Gasteiger partial charge >= 0.3 is 0 Å². The molecule has 0 heterocycles. The summed E-state index contributed by atoms with van der Waals surface area (Å²) in [5, 5.41) is 2.97. The SMILES string of the molecule is CC[C@@H](C)NC(=O)[C@H](CC)N(Cc1cccc(C)c1)C(=O)CN(c1ccccc1C)S(C)(=O)=O. The third-order valence-electron chi connectivity index (χ3n) is 5.89. The molecule has 0 spiro atoms. The Labute approximate surface area is 204 Å². The van der Waals surface area contributed by atoms with E-state index in [0.717, 1.165) is 33.7 Å². The highest BCUT2D eigenvalue weighted by Gasteiger charge is 2.32. The Morgan fingerprint density at radius 2 is 1.68 bits per heavy atom. The molecule has 2 atom stereocenters. The second kappa shape index (κ2) is 12.0. The van der Waals surface area contributed by atoms with Gasteiger partial charge in [0.15, 0.2) is 0 Å². The number of anilines is 1. The van der Waals surface area contributed by atoms with Crippen LogP contribution < -0.4 is 9.62 Å². The van der Waals surface area contributed by atoms with E-state index in [-0.39, 0.29) is 25.0 Å². The maximum absolute atomic E-state index is 13.7. The number of aryl methyl sites for hydroxylation is 2. The number of nitrogens with one attached hydrogen (secondary N) is 1. The average Bonchev–Trinajstić information content (AvgIpc) is 2.77. The van der Waals surface area contributed by atoms with E-state index in [1.54, 1.807) is 25.1 Å². The molecular formula is C26H37N3O4S. The van der Waals surface area contributed by atoms with E-state index in [1.165, 1.54) is 4.90 Å². The van der Waals surface area contributed by atoms with Gasteiger partial charge in [-0.2, -0.15) is 0 Å². The van der Waals surface area contributed by atoms with Gasteiger partial charge in [-0.25, -0.2) is 8.42 Å². The standard InChI is InChI=1S/C26H37N3O4S/c1-7-21(5)27-26(31)23(8-2)28(17-22-14-11-12-19(3)16-22)25(30)18-29(34(6,32)33)24-15-10-9-13-20(24)4/h9-16,21,23H,7-8,17-18H2,1-6H3,(H,27,31)/t21-,23+/m1/s1. The lowest BCUT2D eigenvalue weighted by molar-refractivity contribution is -0.140. The molecule has 186 valence electrons. The van der Waals surface area contributed by atoms with Crippen LogP contribution in [0.3, 0.4) is 0 Å². The lowest BCUT2D eigenvalue weighted by Crippen LogP contribution is -2.53. The molecule has 2 aromatic rings. The van der Waals surface area contributed by atoms with E-state index >= 15 is 0 Å². The molecule has 2 aromatic carbocycles. The van der Waals surface area contributed by atoms with Gasteiger partial charge in [0.25, 0.3) is 0 Å². The number of rotatable bonds is 11. The van der Waals surface area contributed by atoms with Crippen molar-refractivity contribution in [2.24, 2.45) is 0 Å². The summed E-state index contributed by atoms with van der Waals surface area (Å²) in [4.78, 5) is 28.3. The number of nitrogens with zero attached hydrogens (tertiary/aromatic N) is 2. The van der Waals surface area contributed by atoms with Crippen LogP contribution in [0.5, 0.6) is 0 Å². The van der Waals surface area contributed by atoms with E-state index < -0.39 is 22.0 Å². The van der Waals surface area contributed by atoms with E-state index in [2.05, 4.69) is 5.32 Å². The summed E-state index contributed by atoms with van der Waals surface area (Å²) in [6, 6.07) is 14.0. The molecular weight excluding hydrogens is 450 g/mol. The number of hydrogen-bond acceptors (Lipinski definition) is 4. The molecule has 0 aromatic heterocycles. The van der Waals surface area contributed by atoms with Crippen LogP contribution in [-0.2, 0) is 26.2 Å². The Hall–Kier alpha value is -2.87. The van der Waals surface area contributed by atoms with Gasteiger partial charge in [0.2, 0.25) is 21.8 Å². The summed E-state index contributed by atoms with van der Waals surface area (Å²) in [5.41, 5.74) is 3.11. The molecule has 0 unspecified atom stereocenters. The minimum Gasteiger partial charge on any atom is -0.352 e. The van der Waals surface area contributed by atoms with Crippen molar-refractivity contribution >= 4 is 27.5 Å². The van der Waals surface area contributed by atoms with Crippen molar-refractivity contribution in [3.63, 3.8) is 0 Å². The van der Waals surface area contributed by atoms with Crippen molar-refractivity contribution in [2.75, 3.05) is 17.1 Å². The third-order valence-corrected chi connectivity index (χ3v) is 7.01. The Kier molecular flexibility index (Phi) is 9.67. The summed E-state index contributed by atoms with van der Waals surface area (Å²) in [5.74, 6) is -0.666. The van der Waals surface area contributed by atoms with E-state index in [0.29, 0.717) is 12.1 Å². The maximum Gasteiger partial charge on any atom is 0.244 e. The summed E-state index contributed by atoms with van der Waals surface area (Å²) >= 11 is 0. The van der Waals surface area contributed by atoms with Crippen molar-refractivity contribution < 1.29 is 18.0 Å². The molecule has 0 aliphatic heterocycles. The average molecular weight is 488 g/mol. The topological polar surface area (TPSA) is 86.8 Å². The lowest BCUT2D eigenvalue weighted by atomic mass is 10.1. The first-order valence-electron chi connectivity index (χ1n) is 11.7. The zero-order chi connectivity index (χ0) is 25.5. The van der Waals surface area contributed by atoms with Crippen molar-refractivity contribution in [1.82, 2.24) is 10.2 Å². The predicted octanol–water partition coefficient (Wildman–Crippen LogP) is 3.79. The molecule has 34 heavy (non-hydrogen) atoms. The second-order valence-corrected chi connectivity index (χ2v) is 10.7. The monoisotopic (exact) mass is 487 g/mol. The molecule has 2 rings (SSSR count). The number of amides is 2. The molecule has 0 saturated heterocycles. The second-order valence-electron chi connectivity index (χ2n) is 8.81. The molecule has 0 bridgehead atoms. The van der Waals surface area contributed by atoms with Crippen molar-refractivity contribution in [2.45, 2.75) is 66.1 Å². The predicted molar refractivity (Wildman–Crippen MR) is 137 cm³/mol. The minimum atomic E-state index is -3.74. The molecule has 7 nitrogen and oxygen atoms in total. The summed E-state index contributed by atoms with van der Waals surface area (Å²) in [6.07, 6.45) is 2.26. The highest BCUT2D eigenvalue weighted by atomic mass is 32.2. The van der Waals surface area contributed by atoms with Crippen molar-refractivity contribution in [3.05, 3.63) is 65.2 Å². The smallest absolute Gasteiger partial charge is 0.244 e. The summed E-state index contributed by atoms with van der Waals surface area (Å²) < 4.78 is 26.5. The number of para-hydroxylation sites is 1. The zero-order valence-corrected chi connectivity index (χ0v) is 21.9. The minimum absolute atomic E-state index is 0.0306. The van der Waals surface area contributed by atoms with Gasteiger partial charge in [-0.15, -0.1) is 0 Å². The van der Waals surface area contributed by atoms with Gasteiger partial charge < -0.3 is 10.2 Å². The van der Waals surface area contributed by atoms with E-state index in [4.69, 9.17) is 0 Å². The molecule has 0 saturated carbocycles. The van der Waals surface area contributed by atoms with Crippen LogP contribution in [0.25, 0.3) is 0 Å². The third kappa shape index (κ3) is 7.32. The van der Waals surface area contributed by atoms with E-state index in [1.807, 2.05) is 58.0 Å². The molecule has 0 aliphatic carbocycles. The number of sulfonamides is 1. The highest BCUT2D eigenvalue weighted by Crippen LogP contribution is 2.23. The number of carbonyl (C=O) groups is 2. The van der Waals surface area contributed by atoms with Gasteiger partial charge in [0.05, 0.1) is 11.9 Å². The van der Waals surface area contributed by atoms with Crippen LogP contribution in [-0.4, -0.2) is 50.0 Å². The summed E-state index contributed by atoms with van der Waals surface area (Å²) in [6.45, 7) is 9.34. The fourth-order valence-electron chi connectivity index (χ4n) is 3.81. The molecule has 0 aliphatic rings. The fourth-order valence-corrected chi connectivity index (χ4v) is 4.71. The first kappa shape index (κ1) is 27.4. The normalized spacial score (nSPS) is 13.1. The Morgan fingerprint density at radius 1 is 1.00 bits per heavy atom. The fraction of sp³-hybridized carbons (Fsp3) is 0.462. The molecule has 0 radical (unpaired) electrons. The molecule has 0 fully saturated rings. The first-order valence-corrected chi connectivity index (χ1v) is 13.5. The Balaban J connectivity index is 2.45. The van der Waals surface area contributed by atoms with Gasteiger partial charge in [0.1, 0.15) is 12.6 Å². The van der Waals surface area contributed by atoms with Crippen LogP contribution in [0.4, 0.5) is 5.69 Å². The van der Waals surface area contributed by atoms with Crippen LogP contribution in [0, 0.1) is 13.8 Å². The van der Waals surface area contributed by atoms with Gasteiger partial charge in [0, 0.05) is 12.6 Å². The van der Waals surface area contributed by atoms with E-state index in [9.17, 15) is 18.0 Å². The molecule has 1 N–H and O–H groups in total. The van der Waals surface area contributed by atoms with Gasteiger partial charge in [-0.1, -0.05) is 61.9 Å². The Morgan fingerprint density at radius 3 is 2.24 bits per heavy atom. The zero-order valence-electron chi connectivity index (χ0n) is 21.0. The number of carbonyl (C=O) groups excluding carboxylic acids is 2. The van der Waals surface area contributed by atoms with Crippen LogP contribution in [0.1, 0.15) is 50.3 Å². The van der Waals surface area contributed by atoms with Crippen molar-refractivity contribution in [1.29, 1.82) is 0 Å². The first-order chi connectivity index (χ1) is 16.0. The largest absolute Gasteiger partial charge is 0.352 e. The lowest BCUT2D eigenvalue weighted by Gasteiger charge is -2.33. The van der Waals surface area contributed by atoms with Gasteiger partial charge in [-0.3, -0.25) is 13.9 Å². The maximum atomic E-state index is 13.7. The molecule has 2 amide bonds. The number of benzene rings is 2. The van der Waals surface area contributed by atoms with Gasteiger partial charge in [-0.05, 0) is 50.8 Å². The number of hydrogen-bond donors (Lipinski definition) is 1. The van der Waals surface area contributed by atoms with Crippen molar-refractivity contribution in [3.8, 4) is 0 Å². The van der Waals surface area contributed by atoms with Crippen LogP contribution >= 0.6 is 0 Å². The quantitative estimate of drug-likeness (QED) is 0.522. The van der Waals surface area contributed by atoms with Crippen LogP contribution in [0.2, 0.25) is 0 Å². The Bertz CT molecular complexity index is 1100. The summed E-state index contributed by atoms with van der Waals surface area (Å²) in [7, 11) is -3.74.